The van der Waals surface area contributed by atoms with Crippen molar-refractivity contribution in [1.82, 2.24) is 9.97 Å². The molecule has 1 aromatic carbocycles. The van der Waals surface area contributed by atoms with Gasteiger partial charge < -0.3 is 4.74 Å². The maximum Gasteiger partial charge on any atom is 0.242 e. The molecule has 1 aromatic heterocycles. The molecule has 90 valence electrons. The Morgan fingerprint density at radius 2 is 1.94 bits per heavy atom. The molecule has 0 saturated carbocycles. The Hall–Kier alpha value is -2.61. The molecule has 18 heavy (non-hydrogen) atoms. The average Bonchev–Trinajstić information content (AvgIpc) is 2.38. The molecule has 0 spiro atoms. The van der Waals surface area contributed by atoms with E-state index >= 15 is 0 Å². The molecule has 0 unspecified atom stereocenters. The molecule has 0 N–H and O–H groups in total. The predicted molar refractivity (Wildman–Crippen MR) is 67.3 cm³/mol. The molecule has 2 rings (SSSR count). The molecule has 0 aliphatic heterocycles. The van der Waals surface area contributed by atoms with Crippen molar-refractivity contribution in [1.29, 1.82) is 5.26 Å². The lowest BCUT2D eigenvalue weighted by atomic mass is 10.3. The number of anilines is 1. The van der Waals surface area contributed by atoms with E-state index in [0.29, 0.717) is 17.6 Å². The molecule has 0 atom stereocenters. The van der Waals surface area contributed by atoms with E-state index in [-0.39, 0.29) is 0 Å². The van der Waals surface area contributed by atoms with E-state index in [1.807, 2.05) is 43.4 Å². The number of aromatic nitrogens is 2. The Morgan fingerprint density at radius 3 is 2.61 bits per heavy atom. The lowest BCUT2D eigenvalue weighted by Gasteiger charge is -2.10. The van der Waals surface area contributed by atoms with Crippen molar-refractivity contribution in [2.45, 2.75) is 6.92 Å². The summed E-state index contributed by atoms with van der Waals surface area (Å²) in [6, 6.07) is 11.1. The van der Waals surface area contributed by atoms with Crippen molar-refractivity contribution in [2.24, 2.45) is 0 Å². The molecule has 1 heterocycles. The number of ether oxygens (including phenoxy) is 1. The summed E-state index contributed by atoms with van der Waals surface area (Å²) in [7, 11) is 1.60. The molecule has 0 aliphatic carbocycles. The first-order valence-electron chi connectivity index (χ1n) is 5.41. The number of hydrogen-bond donors (Lipinski definition) is 0. The van der Waals surface area contributed by atoms with Gasteiger partial charge in [0.2, 0.25) is 11.8 Å². The lowest BCUT2D eigenvalue weighted by Crippen LogP contribution is -2.12. The van der Waals surface area contributed by atoms with Crippen LogP contribution in [0.4, 0.5) is 5.95 Å². The number of nitrogens with zero attached hydrogens (tertiary/aromatic N) is 4. The second kappa shape index (κ2) is 5.15. The van der Waals surface area contributed by atoms with E-state index < -0.39 is 0 Å². The van der Waals surface area contributed by atoms with Gasteiger partial charge in [-0.25, -0.2) is 4.98 Å². The van der Waals surface area contributed by atoms with Gasteiger partial charge in [-0.2, -0.15) is 10.2 Å². The monoisotopic (exact) mass is 240 g/mol. The first-order chi connectivity index (χ1) is 8.69. The predicted octanol–water partition coefficient (Wildman–Crippen LogP) is 2.49. The minimum atomic E-state index is 0.323. The maximum absolute atomic E-state index is 8.81. The minimum absolute atomic E-state index is 0.323. The SMILES string of the molecule is Cc1cc(Oc2ccccc2)nc(N(C)C#N)n1. The van der Waals surface area contributed by atoms with Crippen molar-refractivity contribution >= 4 is 5.95 Å². The van der Waals surface area contributed by atoms with Gasteiger partial charge in [0.25, 0.3) is 0 Å². The smallest absolute Gasteiger partial charge is 0.242 e. The van der Waals surface area contributed by atoms with Crippen LogP contribution in [0, 0.1) is 18.4 Å². The second-order valence-corrected chi connectivity index (χ2v) is 3.72. The van der Waals surface area contributed by atoms with Crippen molar-refractivity contribution in [3.05, 3.63) is 42.1 Å². The van der Waals surface area contributed by atoms with Crippen LogP contribution in [0.3, 0.4) is 0 Å². The highest BCUT2D eigenvalue weighted by Crippen LogP contribution is 2.21. The van der Waals surface area contributed by atoms with Crippen molar-refractivity contribution in [2.75, 3.05) is 11.9 Å². The second-order valence-electron chi connectivity index (χ2n) is 3.72. The van der Waals surface area contributed by atoms with Crippen molar-refractivity contribution in [3.8, 4) is 17.8 Å². The third-order valence-corrected chi connectivity index (χ3v) is 2.23. The van der Waals surface area contributed by atoms with Gasteiger partial charge >= 0.3 is 0 Å². The number of nitriles is 1. The van der Waals surface area contributed by atoms with E-state index in [1.165, 1.54) is 4.90 Å². The Labute approximate surface area is 105 Å². The number of aryl methyl sites for hydroxylation is 1. The van der Waals surface area contributed by atoms with Gasteiger partial charge in [-0.05, 0) is 19.1 Å². The van der Waals surface area contributed by atoms with Crippen LogP contribution in [0.15, 0.2) is 36.4 Å². The number of rotatable bonds is 3. The van der Waals surface area contributed by atoms with E-state index in [9.17, 15) is 0 Å². The fraction of sp³-hybridized carbons (Fsp3) is 0.154. The topological polar surface area (TPSA) is 62.0 Å². The molecule has 0 radical (unpaired) electrons. The summed E-state index contributed by atoms with van der Waals surface area (Å²) in [5.41, 5.74) is 0.744. The summed E-state index contributed by atoms with van der Waals surface area (Å²) in [6.07, 6.45) is 1.95. The zero-order valence-corrected chi connectivity index (χ0v) is 10.2. The fourth-order valence-corrected chi connectivity index (χ4v) is 1.38. The van der Waals surface area contributed by atoms with Gasteiger partial charge in [-0.3, -0.25) is 4.90 Å². The van der Waals surface area contributed by atoms with Crippen LogP contribution in [0.25, 0.3) is 0 Å². The average molecular weight is 240 g/mol. The summed E-state index contributed by atoms with van der Waals surface area (Å²) in [4.78, 5) is 9.61. The molecular formula is C13H12N4O. The van der Waals surface area contributed by atoms with Crippen LogP contribution in [-0.4, -0.2) is 17.0 Å². The van der Waals surface area contributed by atoms with Crippen LogP contribution >= 0.6 is 0 Å². The molecule has 5 heteroatoms. The zero-order chi connectivity index (χ0) is 13.0. The molecule has 2 aromatic rings. The first kappa shape index (κ1) is 11.9. The first-order valence-corrected chi connectivity index (χ1v) is 5.41. The van der Waals surface area contributed by atoms with E-state index in [4.69, 9.17) is 10.00 Å². The molecule has 0 amide bonds. The van der Waals surface area contributed by atoms with Crippen LogP contribution in [0.5, 0.6) is 11.6 Å². The Kier molecular flexibility index (Phi) is 3.39. The summed E-state index contributed by atoms with van der Waals surface area (Å²) in [5.74, 6) is 1.44. The fourth-order valence-electron chi connectivity index (χ4n) is 1.38. The van der Waals surface area contributed by atoms with Gasteiger partial charge in [0.05, 0.1) is 0 Å². The van der Waals surface area contributed by atoms with E-state index in [0.717, 1.165) is 5.69 Å². The highest BCUT2D eigenvalue weighted by atomic mass is 16.5. The minimum Gasteiger partial charge on any atom is -0.439 e. The van der Waals surface area contributed by atoms with E-state index in [1.54, 1.807) is 13.1 Å². The Bertz CT molecular complexity index is 577. The summed E-state index contributed by atoms with van der Waals surface area (Å²) < 4.78 is 5.61. The molecule has 0 saturated heterocycles. The van der Waals surface area contributed by atoms with Crippen LogP contribution in [0.1, 0.15) is 5.69 Å². The normalized spacial score (nSPS) is 9.61. The van der Waals surface area contributed by atoms with E-state index in [2.05, 4.69) is 9.97 Å². The summed E-state index contributed by atoms with van der Waals surface area (Å²) >= 11 is 0. The van der Waals surface area contributed by atoms with Crippen LogP contribution < -0.4 is 9.64 Å². The van der Waals surface area contributed by atoms with Crippen LogP contribution in [-0.2, 0) is 0 Å². The maximum atomic E-state index is 8.81. The number of benzene rings is 1. The molecular weight excluding hydrogens is 228 g/mol. The lowest BCUT2D eigenvalue weighted by molar-refractivity contribution is 0.461. The Balaban J connectivity index is 2.29. The van der Waals surface area contributed by atoms with Gasteiger partial charge in [-0.1, -0.05) is 18.2 Å². The quantitative estimate of drug-likeness (QED) is 0.609. The summed E-state index contributed by atoms with van der Waals surface area (Å²) in [6.45, 7) is 1.83. The molecule has 0 bridgehead atoms. The zero-order valence-electron chi connectivity index (χ0n) is 10.2. The third-order valence-electron chi connectivity index (χ3n) is 2.23. The standard InChI is InChI=1S/C13H12N4O/c1-10-8-12(16-13(15-10)17(2)9-14)18-11-6-4-3-5-7-11/h3-8H,1-2H3. The van der Waals surface area contributed by atoms with Gasteiger partial charge in [-0.15, -0.1) is 0 Å². The molecule has 5 nitrogen and oxygen atoms in total. The van der Waals surface area contributed by atoms with Crippen LogP contribution in [0.2, 0.25) is 0 Å². The third kappa shape index (κ3) is 2.74. The number of hydrogen-bond acceptors (Lipinski definition) is 5. The largest absolute Gasteiger partial charge is 0.439 e. The van der Waals surface area contributed by atoms with Crippen molar-refractivity contribution in [3.63, 3.8) is 0 Å². The van der Waals surface area contributed by atoms with Crippen molar-refractivity contribution < 1.29 is 4.74 Å². The highest BCUT2D eigenvalue weighted by molar-refractivity contribution is 5.38. The molecule has 0 aliphatic rings. The van der Waals surface area contributed by atoms with Gasteiger partial charge in [0.15, 0.2) is 6.19 Å². The number of para-hydroxylation sites is 1. The Morgan fingerprint density at radius 1 is 1.22 bits per heavy atom. The molecule has 0 fully saturated rings. The van der Waals surface area contributed by atoms with Gasteiger partial charge in [0, 0.05) is 18.8 Å². The highest BCUT2D eigenvalue weighted by Gasteiger charge is 2.07. The summed E-state index contributed by atoms with van der Waals surface area (Å²) in [5, 5.41) is 8.81. The van der Waals surface area contributed by atoms with Gasteiger partial charge in [0.1, 0.15) is 5.75 Å².